The Kier molecular flexibility index (Phi) is 4.16. The Balaban J connectivity index is 2.45. The van der Waals surface area contributed by atoms with Crippen LogP contribution in [0, 0.1) is 13.8 Å². The van der Waals surface area contributed by atoms with E-state index in [1.807, 2.05) is 26.0 Å². The summed E-state index contributed by atoms with van der Waals surface area (Å²) in [4.78, 5) is 0. The summed E-state index contributed by atoms with van der Waals surface area (Å²) in [6.45, 7) is 3.81. The van der Waals surface area contributed by atoms with E-state index in [1.54, 1.807) is 31.0 Å². The summed E-state index contributed by atoms with van der Waals surface area (Å²) in [7, 11) is -0.753. The van der Waals surface area contributed by atoms with Gasteiger partial charge in [-0.05, 0) is 19.4 Å². The summed E-state index contributed by atoms with van der Waals surface area (Å²) >= 11 is 0. The number of benzene rings is 1. The number of rotatable bonds is 2. The van der Waals surface area contributed by atoms with Gasteiger partial charge in [0.1, 0.15) is 14.1 Å². The molecule has 1 aliphatic heterocycles. The van der Waals surface area contributed by atoms with Crippen molar-refractivity contribution in [2.45, 2.75) is 13.8 Å². The standard InChI is InChI=1S/C15H18BF2NO2/c1-11-5-6-14(12(2)9-11)15-10-13(7-8-19(3)4)20-16(17,18)21-15/h5-10H,1-4H3/b13-7-. The highest BCUT2D eigenvalue weighted by atomic mass is 19.3. The van der Waals surface area contributed by atoms with Crippen LogP contribution in [-0.4, -0.2) is 32.0 Å². The topological polar surface area (TPSA) is 21.5 Å². The molecule has 0 radical (unpaired) electrons. The smallest absolute Gasteiger partial charge is 0.627 e. The summed E-state index contributed by atoms with van der Waals surface area (Å²) < 4.78 is 38.3. The minimum absolute atomic E-state index is 0.0786. The largest absolute Gasteiger partial charge is 0.725 e. The zero-order valence-electron chi connectivity index (χ0n) is 12.6. The summed E-state index contributed by atoms with van der Waals surface area (Å²) in [6, 6.07) is 5.57. The van der Waals surface area contributed by atoms with E-state index in [-0.39, 0.29) is 11.5 Å². The summed E-state index contributed by atoms with van der Waals surface area (Å²) in [5.41, 5.74) is 2.59. The van der Waals surface area contributed by atoms with Gasteiger partial charge in [-0.25, -0.2) is 4.58 Å². The molecular weight excluding hydrogens is 275 g/mol. The van der Waals surface area contributed by atoms with Crippen LogP contribution < -0.4 is 0 Å². The van der Waals surface area contributed by atoms with E-state index >= 15 is 0 Å². The van der Waals surface area contributed by atoms with Crippen molar-refractivity contribution in [3.8, 4) is 0 Å². The number of aryl methyl sites for hydroxylation is 2. The second-order valence-electron chi connectivity index (χ2n) is 5.28. The highest BCUT2D eigenvalue weighted by Crippen LogP contribution is 2.33. The molecule has 0 N–H and O–H groups in total. The first-order chi connectivity index (χ1) is 9.77. The predicted octanol–water partition coefficient (Wildman–Crippen LogP) is 3.29. The molecule has 0 fully saturated rings. The lowest BCUT2D eigenvalue weighted by Gasteiger charge is -2.34. The average molecular weight is 293 g/mol. The number of allylic oxidation sites excluding steroid dienone is 2. The average Bonchev–Trinajstić information content (AvgIpc) is 2.34. The molecule has 0 saturated heterocycles. The van der Waals surface area contributed by atoms with Crippen molar-refractivity contribution in [3.63, 3.8) is 0 Å². The highest BCUT2D eigenvalue weighted by Gasteiger charge is 2.38. The van der Waals surface area contributed by atoms with Crippen LogP contribution in [0.15, 0.2) is 36.1 Å². The molecule has 0 saturated carbocycles. The highest BCUT2D eigenvalue weighted by molar-refractivity contribution is 6.53. The lowest BCUT2D eigenvalue weighted by atomic mass is 10.0. The van der Waals surface area contributed by atoms with Crippen LogP contribution in [0.25, 0.3) is 5.76 Å². The molecule has 1 aliphatic rings. The van der Waals surface area contributed by atoms with Crippen molar-refractivity contribution in [2.75, 3.05) is 14.1 Å². The molecule has 6 heteroatoms. The summed E-state index contributed by atoms with van der Waals surface area (Å²) in [5.74, 6) is 0.206. The predicted molar refractivity (Wildman–Crippen MR) is 80.3 cm³/mol. The first-order valence-electron chi connectivity index (χ1n) is 6.66. The number of hydrogen-bond acceptors (Lipinski definition) is 2. The summed E-state index contributed by atoms with van der Waals surface area (Å²) in [6.07, 6.45) is 4.61. The van der Waals surface area contributed by atoms with Crippen LogP contribution in [0.1, 0.15) is 16.7 Å². The van der Waals surface area contributed by atoms with Gasteiger partial charge in [-0.15, -0.1) is 0 Å². The van der Waals surface area contributed by atoms with E-state index in [1.165, 1.54) is 12.2 Å². The van der Waals surface area contributed by atoms with Gasteiger partial charge < -0.3 is 17.9 Å². The lowest BCUT2D eigenvalue weighted by molar-refractivity contribution is -0.458. The number of halogens is 2. The van der Waals surface area contributed by atoms with Crippen molar-refractivity contribution in [1.82, 2.24) is 0 Å². The zero-order valence-corrected chi connectivity index (χ0v) is 12.6. The van der Waals surface area contributed by atoms with Gasteiger partial charge in [0.2, 0.25) is 0 Å². The molecule has 3 nitrogen and oxygen atoms in total. The van der Waals surface area contributed by atoms with E-state index < -0.39 is 7.11 Å². The molecule has 0 amide bonds. The van der Waals surface area contributed by atoms with Gasteiger partial charge >= 0.3 is 7.11 Å². The van der Waals surface area contributed by atoms with Crippen molar-refractivity contribution in [3.05, 3.63) is 52.8 Å². The van der Waals surface area contributed by atoms with Crippen LogP contribution in [-0.2, 0) is 9.31 Å². The lowest BCUT2D eigenvalue weighted by Crippen LogP contribution is -2.34. The molecule has 21 heavy (non-hydrogen) atoms. The third-order valence-electron chi connectivity index (χ3n) is 3.00. The number of nitrogens with zero attached hydrogens (tertiary/aromatic N) is 1. The van der Waals surface area contributed by atoms with Gasteiger partial charge in [0.25, 0.3) is 0 Å². The van der Waals surface area contributed by atoms with Crippen molar-refractivity contribution >= 4 is 19.1 Å². The number of hydrogen-bond donors (Lipinski definition) is 0. The Hall–Kier alpha value is -2.11. The van der Waals surface area contributed by atoms with Gasteiger partial charge in [0.15, 0.2) is 6.21 Å². The maximum atomic E-state index is 13.6. The van der Waals surface area contributed by atoms with Gasteiger partial charge in [-0.1, -0.05) is 23.8 Å². The molecule has 0 unspecified atom stereocenters. The van der Waals surface area contributed by atoms with Gasteiger partial charge in [-0.3, -0.25) is 0 Å². The SMILES string of the molecule is Cc1ccc(C2=C/C(=C/C=[N+](C)C)O[B-](F)(F)O2)c(C)c1. The Morgan fingerprint density at radius 2 is 1.86 bits per heavy atom. The van der Waals surface area contributed by atoms with E-state index in [9.17, 15) is 8.63 Å². The van der Waals surface area contributed by atoms with Crippen LogP contribution in [0.4, 0.5) is 8.63 Å². The first kappa shape index (κ1) is 15.3. The fourth-order valence-electron chi connectivity index (χ4n) is 2.07. The Labute approximate surface area is 123 Å². The quantitative estimate of drug-likeness (QED) is 0.474. The molecular formula is C15H18BF2NO2. The van der Waals surface area contributed by atoms with Crippen LogP contribution >= 0.6 is 0 Å². The second kappa shape index (κ2) is 5.72. The van der Waals surface area contributed by atoms with Crippen LogP contribution in [0.3, 0.4) is 0 Å². The minimum atomic E-state index is -4.35. The molecule has 112 valence electrons. The molecule has 0 bridgehead atoms. The maximum Gasteiger partial charge on any atom is 0.725 e. The second-order valence-corrected chi connectivity index (χ2v) is 5.28. The molecule has 0 aliphatic carbocycles. The van der Waals surface area contributed by atoms with Crippen molar-refractivity contribution < 1.29 is 22.5 Å². The molecule has 0 spiro atoms. The van der Waals surface area contributed by atoms with Gasteiger partial charge in [-0.2, -0.15) is 0 Å². The Bertz CT molecular complexity index is 647. The van der Waals surface area contributed by atoms with E-state index in [2.05, 4.69) is 4.65 Å². The van der Waals surface area contributed by atoms with E-state index in [0.717, 1.165) is 11.1 Å². The van der Waals surface area contributed by atoms with Crippen molar-refractivity contribution in [1.29, 1.82) is 0 Å². The molecule has 1 heterocycles. The normalized spacial score (nSPS) is 18.6. The zero-order chi connectivity index (χ0) is 15.6. The van der Waals surface area contributed by atoms with E-state index in [0.29, 0.717) is 5.56 Å². The molecule has 0 aromatic heterocycles. The third kappa shape index (κ3) is 3.94. The summed E-state index contributed by atoms with van der Waals surface area (Å²) in [5, 5.41) is 0. The Morgan fingerprint density at radius 1 is 1.14 bits per heavy atom. The van der Waals surface area contributed by atoms with Crippen LogP contribution in [0.5, 0.6) is 0 Å². The fourth-order valence-corrected chi connectivity index (χ4v) is 2.07. The first-order valence-corrected chi connectivity index (χ1v) is 6.66. The van der Waals surface area contributed by atoms with Gasteiger partial charge in [0, 0.05) is 17.7 Å². The maximum absolute atomic E-state index is 13.6. The van der Waals surface area contributed by atoms with Gasteiger partial charge in [0.05, 0.1) is 11.5 Å². The Morgan fingerprint density at radius 3 is 2.48 bits per heavy atom. The minimum Gasteiger partial charge on any atom is -0.627 e. The molecule has 1 aromatic carbocycles. The van der Waals surface area contributed by atoms with Crippen LogP contribution in [0.2, 0.25) is 0 Å². The molecule has 2 rings (SSSR count). The third-order valence-corrected chi connectivity index (χ3v) is 3.00. The fraction of sp³-hybridized carbons (Fsp3) is 0.267. The monoisotopic (exact) mass is 293 g/mol. The molecule has 1 aromatic rings. The van der Waals surface area contributed by atoms with E-state index in [4.69, 9.17) is 4.65 Å². The van der Waals surface area contributed by atoms with Crippen molar-refractivity contribution in [2.24, 2.45) is 0 Å². The molecule has 0 atom stereocenters.